The Bertz CT molecular complexity index is 1150. The molecule has 0 spiro atoms. The minimum atomic E-state index is -1.46. The summed E-state index contributed by atoms with van der Waals surface area (Å²) in [5.41, 5.74) is 1.27. The molecule has 0 amide bonds. The van der Waals surface area contributed by atoms with Crippen LogP contribution >= 0.6 is 0 Å². The summed E-state index contributed by atoms with van der Waals surface area (Å²) < 4.78 is 15.5. The molecule has 11 nitrogen and oxygen atoms in total. The van der Waals surface area contributed by atoms with E-state index in [0.717, 1.165) is 43.8 Å². The summed E-state index contributed by atoms with van der Waals surface area (Å²) in [5, 5.41) is 40.7. The lowest BCUT2D eigenvalue weighted by Crippen LogP contribution is -2.42. The van der Waals surface area contributed by atoms with Crippen LogP contribution < -0.4 is 0 Å². The van der Waals surface area contributed by atoms with Crippen LogP contribution in [0.1, 0.15) is 92.9 Å². The van der Waals surface area contributed by atoms with Crippen LogP contribution in [0.15, 0.2) is 47.3 Å². The van der Waals surface area contributed by atoms with Crippen molar-refractivity contribution in [2.45, 2.75) is 123 Å². The Morgan fingerprint density at radius 1 is 0.957 bits per heavy atom. The highest BCUT2D eigenvalue weighted by Crippen LogP contribution is 2.28. The molecule has 0 fully saturated rings. The van der Waals surface area contributed by atoms with E-state index in [-0.39, 0.29) is 23.5 Å². The maximum absolute atomic E-state index is 12.9. The average Bonchev–Trinajstić information content (AvgIpc) is 3.23. The summed E-state index contributed by atoms with van der Waals surface area (Å²) in [4.78, 5) is 48.1. The first-order valence-corrected chi connectivity index (χ1v) is 16.0. The van der Waals surface area contributed by atoms with Crippen molar-refractivity contribution in [3.05, 3.63) is 47.3 Å². The lowest BCUT2D eigenvalue weighted by Gasteiger charge is -2.28. The fraction of sp³-hybridized carbons (Fsp3) is 0.657. The lowest BCUT2D eigenvalue weighted by atomic mass is 9.86. The molecule has 0 saturated carbocycles. The highest BCUT2D eigenvalue weighted by molar-refractivity contribution is 5.96. The fourth-order valence-electron chi connectivity index (χ4n) is 5.59. The molecule has 1 heterocycles. The van der Waals surface area contributed by atoms with Crippen LogP contribution in [0, 0.1) is 17.8 Å². The molecule has 8 atom stereocenters. The first-order valence-electron chi connectivity index (χ1n) is 16.0. The van der Waals surface area contributed by atoms with Gasteiger partial charge in [-0.1, -0.05) is 52.0 Å². The Balaban J connectivity index is 2.54. The summed E-state index contributed by atoms with van der Waals surface area (Å²) in [6.45, 7) is 14.5. The number of Topliss-reactive ketones (excluding diaryl/α,β-unsaturated/α-hetero) is 1. The number of ketones is 1. The minimum Gasteiger partial charge on any atom is -0.478 e. The summed E-state index contributed by atoms with van der Waals surface area (Å²) in [6.07, 6.45) is 2.98. The molecule has 46 heavy (non-hydrogen) atoms. The molecular weight excluding hydrogens is 596 g/mol. The number of cyclic esters (lactones) is 1. The molecule has 0 aliphatic carbocycles. The number of esters is 2. The van der Waals surface area contributed by atoms with E-state index < -0.39 is 60.8 Å². The second kappa shape index (κ2) is 20.2. The number of methoxy groups -OCH3 is 1. The number of carbonyl (C=O) groups is 4. The van der Waals surface area contributed by atoms with Crippen LogP contribution in [-0.4, -0.2) is 81.7 Å². The monoisotopic (exact) mass is 650 g/mol. The number of hydrogen-bond donors (Lipinski definition) is 4. The van der Waals surface area contributed by atoms with E-state index in [9.17, 15) is 34.5 Å². The van der Waals surface area contributed by atoms with Gasteiger partial charge in [0.2, 0.25) is 0 Å². The molecule has 1 aliphatic rings. The SMILES string of the molecule is C=C1OC(=O)C([C@H](O)CC(=O)O[C@H](C)[C@@H](OC)[C@H](O)CC(=O)[C@@H](C)C(O)CC[C@H](C)C[C@@H](C)CCC=C(/C=C/C(=O)O)CC)=C1C. The number of ether oxygens (including phenoxy) is 3. The van der Waals surface area contributed by atoms with Gasteiger partial charge < -0.3 is 34.6 Å². The quantitative estimate of drug-likeness (QED) is 0.0732. The normalized spacial score (nSPS) is 19.3. The van der Waals surface area contributed by atoms with E-state index in [1.54, 1.807) is 19.9 Å². The molecule has 0 bridgehead atoms. The number of carboxylic acids is 1. The van der Waals surface area contributed by atoms with Crippen molar-refractivity contribution >= 4 is 23.7 Å². The van der Waals surface area contributed by atoms with E-state index >= 15 is 0 Å². The molecule has 0 saturated heterocycles. The van der Waals surface area contributed by atoms with E-state index in [2.05, 4.69) is 26.5 Å². The summed E-state index contributed by atoms with van der Waals surface area (Å²) in [7, 11) is 1.31. The lowest BCUT2D eigenvalue weighted by molar-refractivity contribution is -0.162. The maximum atomic E-state index is 12.9. The zero-order valence-corrected chi connectivity index (χ0v) is 28.4. The van der Waals surface area contributed by atoms with Gasteiger partial charge in [-0.25, -0.2) is 9.59 Å². The number of hydrogen-bond acceptors (Lipinski definition) is 10. The molecule has 1 aliphatic heterocycles. The number of carbonyl (C=O) groups excluding carboxylic acids is 3. The van der Waals surface area contributed by atoms with Crippen molar-refractivity contribution < 1.29 is 53.8 Å². The van der Waals surface area contributed by atoms with E-state index in [1.807, 2.05) is 6.92 Å². The van der Waals surface area contributed by atoms with Crippen molar-refractivity contribution in [3.63, 3.8) is 0 Å². The third-order valence-electron chi connectivity index (χ3n) is 8.55. The van der Waals surface area contributed by atoms with Gasteiger partial charge in [0.25, 0.3) is 0 Å². The Hall–Kier alpha value is -3.12. The molecule has 0 aromatic carbocycles. The van der Waals surface area contributed by atoms with Gasteiger partial charge in [-0.3, -0.25) is 9.59 Å². The highest BCUT2D eigenvalue weighted by Gasteiger charge is 2.35. The molecule has 0 aromatic heterocycles. The van der Waals surface area contributed by atoms with Crippen molar-refractivity contribution in [1.82, 2.24) is 0 Å². The van der Waals surface area contributed by atoms with E-state index in [4.69, 9.17) is 19.3 Å². The number of aliphatic hydroxyl groups excluding tert-OH is 3. The van der Waals surface area contributed by atoms with Gasteiger partial charge in [0.05, 0.1) is 30.3 Å². The third kappa shape index (κ3) is 13.7. The fourth-order valence-corrected chi connectivity index (χ4v) is 5.59. The largest absolute Gasteiger partial charge is 0.478 e. The van der Waals surface area contributed by atoms with Gasteiger partial charge in [0.1, 0.15) is 23.8 Å². The van der Waals surface area contributed by atoms with Crippen LogP contribution in [0.25, 0.3) is 0 Å². The summed E-state index contributed by atoms with van der Waals surface area (Å²) in [5.74, 6) is -2.79. The molecule has 4 N–H and O–H groups in total. The Morgan fingerprint density at radius 3 is 2.13 bits per heavy atom. The zero-order chi connectivity index (χ0) is 35.1. The predicted molar refractivity (Wildman–Crippen MR) is 172 cm³/mol. The van der Waals surface area contributed by atoms with Crippen LogP contribution in [0.3, 0.4) is 0 Å². The smallest absolute Gasteiger partial charge is 0.342 e. The van der Waals surface area contributed by atoms with Gasteiger partial charge >= 0.3 is 17.9 Å². The molecule has 0 aromatic rings. The average molecular weight is 651 g/mol. The Morgan fingerprint density at radius 2 is 1.59 bits per heavy atom. The number of aliphatic hydroxyl groups is 3. The van der Waals surface area contributed by atoms with Gasteiger partial charge in [0.15, 0.2) is 0 Å². The Kier molecular flexibility index (Phi) is 18.0. The standard InChI is InChI=1S/C35H54O11/c1-9-26(14-16-31(40)41)12-10-11-20(2)17-21(3)13-15-27(36)23(5)28(37)18-30(39)34(44-8)25(7)45-32(42)19-29(38)33-22(4)24(6)46-35(33)43/h12,14,16,20-21,23,25,27,29-30,34,36,38-39H,6,9-11,13,15,17-19H2,1-5,7-8H3,(H,40,41)/b16-14+,26-12?/t20-,21-,23-,25+,27?,29+,30+,34+/m0/s1. The van der Waals surface area contributed by atoms with Crippen LogP contribution in [0.4, 0.5) is 0 Å². The molecule has 260 valence electrons. The predicted octanol–water partition coefficient (Wildman–Crippen LogP) is 4.59. The maximum Gasteiger partial charge on any atom is 0.342 e. The van der Waals surface area contributed by atoms with Gasteiger partial charge in [0, 0.05) is 31.1 Å². The first-order chi connectivity index (χ1) is 21.5. The third-order valence-corrected chi connectivity index (χ3v) is 8.55. The van der Waals surface area contributed by atoms with Crippen molar-refractivity contribution in [2.75, 3.05) is 7.11 Å². The second-order valence-corrected chi connectivity index (χ2v) is 12.5. The molecule has 11 heteroatoms. The second-order valence-electron chi connectivity index (χ2n) is 12.5. The minimum absolute atomic E-state index is 0.0671. The van der Waals surface area contributed by atoms with Crippen molar-refractivity contribution in [3.8, 4) is 0 Å². The summed E-state index contributed by atoms with van der Waals surface area (Å²) in [6, 6.07) is 0. The van der Waals surface area contributed by atoms with E-state index in [1.165, 1.54) is 14.0 Å². The molecule has 1 rings (SSSR count). The topological polar surface area (TPSA) is 177 Å². The molecular formula is C35H54O11. The number of carboxylic acid groups (broad SMARTS) is 1. The van der Waals surface area contributed by atoms with Crippen molar-refractivity contribution in [1.29, 1.82) is 0 Å². The van der Waals surface area contributed by atoms with Crippen LogP contribution in [-0.2, 0) is 33.4 Å². The Labute approximate surface area is 273 Å². The number of aliphatic carboxylic acids is 1. The van der Waals surface area contributed by atoms with E-state index in [0.29, 0.717) is 23.8 Å². The molecule has 1 unspecified atom stereocenters. The van der Waals surface area contributed by atoms with Gasteiger partial charge in [-0.2, -0.15) is 0 Å². The van der Waals surface area contributed by atoms with Crippen molar-refractivity contribution in [2.24, 2.45) is 17.8 Å². The zero-order valence-electron chi connectivity index (χ0n) is 28.4. The highest BCUT2D eigenvalue weighted by atomic mass is 16.6. The van der Waals surface area contributed by atoms with Gasteiger partial charge in [-0.05, 0) is 64.2 Å². The number of allylic oxidation sites excluding steroid dienone is 4. The molecule has 0 radical (unpaired) electrons. The number of rotatable bonds is 22. The van der Waals surface area contributed by atoms with Crippen LogP contribution in [0.2, 0.25) is 0 Å². The van der Waals surface area contributed by atoms with Crippen LogP contribution in [0.5, 0.6) is 0 Å². The first kappa shape index (κ1) is 40.9. The summed E-state index contributed by atoms with van der Waals surface area (Å²) >= 11 is 0. The van der Waals surface area contributed by atoms with Gasteiger partial charge in [-0.15, -0.1) is 0 Å².